The fourth-order valence-corrected chi connectivity index (χ4v) is 0.196. The van der Waals surface area contributed by atoms with Gasteiger partial charge < -0.3 is 9.84 Å². The molecule has 0 fully saturated rings. The molecule has 0 aliphatic carbocycles. The summed E-state index contributed by atoms with van der Waals surface area (Å²) >= 11 is 0. The molecule has 0 aromatic carbocycles. The van der Waals surface area contributed by atoms with E-state index in [4.69, 9.17) is 5.11 Å². The molecule has 1 N–H and O–H groups in total. The number of hydrogen-bond acceptors (Lipinski definition) is 3. The van der Waals surface area contributed by atoms with Gasteiger partial charge in [-0.25, -0.2) is 0 Å². The van der Waals surface area contributed by atoms with Crippen LogP contribution in [0.2, 0.25) is 0 Å². The highest BCUT2D eigenvalue weighted by atomic mass is 16.5. The maximum Gasteiger partial charge on any atom is 0.316 e. The first-order chi connectivity index (χ1) is 5.58. The topological polar surface area (TPSA) is 63.6 Å². The van der Waals surface area contributed by atoms with Gasteiger partial charge in [0.1, 0.15) is 6.42 Å². The van der Waals surface area contributed by atoms with Crippen LogP contribution in [0.3, 0.4) is 0 Å². The van der Waals surface area contributed by atoms with Gasteiger partial charge in [-0.2, -0.15) is 0 Å². The maximum absolute atomic E-state index is 10.0. The van der Waals surface area contributed by atoms with Crippen molar-refractivity contribution < 1.29 is 19.4 Å². The summed E-state index contributed by atoms with van der Waals surface area (Å²) in [5, 5.41) is 7.91. The zero-order valence-electron chi connectivity index (χ0n) is 7.79. The minimum Gasteiger partial charge on any atom is -0.481 e. The van der Waals surface area contributed by atoms with Gasteiger partial charge in [-0.1, -0.05) is 26.7 Å². The third-order valence-corrected chi connectivity index (χ3v) is 1.02. The van der Waals surface area contributed by atoms with Crippen molar-refractivity contribution in [2.24, 2.45) is 0 Å². The van der Waals surface area contributed by atoms with Crippen molar-refractivity contribution >= 4 is 11.9 Å². The number of carboxylic acid groups (broad SMARTS) is 1. The van der Waals surface area contributed by atoms with Crippen molar-refractivity contribution in [3.8, 4) is 0 Å². The smallest absolute Gasteiger partial charge is 0.316 e. The van der Waals surface area contributed by atoms with Crippen LogP contribution in [0.5, 0.6) is 0 Å². The molecule has 0 saturated heterocycles. The Labute approximate surface area is 72.5 Å². The number of carbonyl (C=O) groups is 2. The normalized spacial score (nSPS) is 7.92. The van der Waals surface area contributed by atoms with E-state index in [9.17, 15) is 9.59 Å². The monoisotopic (exact) mass is 176 g/mol. The van der Waals surface area contributed by atoms with Crippen molar-refractivity contribution in [2.75, 3.05) is 7.11 Å². The Balaban J connectivity index is 0. The highest BCUT2D eigenvalue weighted by Crippen LogP contribution is 1.81. The van der Waals surface area contributed by atoms with E-state index in [1.54, 1.807) is 0 Å². The molecule has 12 heavy (non-hydrogen) atoms. The van der Waals surface area contributed by atoms with Crippen LogP contribution < -0.4 is 0 Å². The molecule has 0 rings (SSSR count). The number of carboxylic acids is 1. The Morgan fingerprint density at radius 3 is 1.75 bits per heavy atom. The van der Waals surface area contributed by atoms with Crippen molar-refractivity contribution in [3.05, 3.63) is 0 Å². The number of esters is 1. The molecule has 4 nitrogen and oxygen atoms in total. The largest absolute Gasteiger partial charge is 0.481 e. The lowest BCUT2D eigenvalue weighted by Crippen LogP contribution is -2.07. The highest BCUT2D eigenvalue weighted by molar-refractivity contribution is 5.89. The van der Waals surface area contributed by atoms with Crippen LogP contribution in [0.4, 0.5) is 0 Å². The predicted molar refractivity (Wildman–Crippen MR) is 44.9 cm³/mol. The van der Waals surface area contributed by atoms with E-state index >= 15 is 0 Å². The van der Waals surface area contributed by atoms with Crippen molar-refractivity contribution in [1.29, 1.82) is 0 Å². The lowest BCUT2D eigenvalue weighted by molar-refractivity contribution is -0.149. The summed E-state index contributed by atoms with van der Waals surface area (Å²) in [4.78, 5) is 19.7. The molecule has 4 heteroatoms. The molecule has 0 saturated carbocycles. The van der Waals surface area contributed by atoms with Crippen LogP contribution in [-0.2, 0) is 14.3 Å². The second kappa shape index (κ2) is 9.94. The minimum absolute atomic E-state index is 0.559. The summed E-state index contributed by atoms with van der Waals surface area (Å²) < 4.78 is 4.04. The first-order valence-electron chi connectivity index (χ1n) is 3.87. The molecular formula is C8H16O4. The molecular weight excluding hydrogens is 160 g/mol. The summed E-state index contributed by atoms with van der Waals surface area (Å²) in [6, 6.07) is 0. The van der Waals surface area contributed by atoms with E-state index in [1.165, 1.54) is 12.8 Å². The standard InChI is InChI=1S/C4H6O4.C4H10/c1-8-4(7)2-3(5)6;1-3-4-2/h2H2,1H3,(H,5,6);3-4H2,1-2H3. The van der Waals surface area contributed by atoms with Crippen LogP contribution in [0.25, 0.3) is 0 Å². The molecule has 0 heterocycles. The first-order valence-corrected chi connectivity index (χ1v) is 3.87. The molecule has 0 amide bonds. The highest BCUT2D eigenvalue weighted by Gasteiger charge is 2.04. The minimum atomic E-state index is -1.17. The number of carbonyl (C=O) groups excluding carboxylic acids is 1. The van der Waals surface area contributed by atoms with E-state index in [0.29, 0.717) is 0 Å². The summed E-state index contributed by atoms with van der Waals surface area (Å²) in [5.74, 6) is -1.89. The van der Waals surface area contributed by atoms with Gasteiger partial charge in [-0.05, 0) is 0 Å². The number of hydrogen-bond donors (Lipinski definition) is 1. The summed E-state index contributed by atoms with van der Waals surface area (Å²) in [5.41, 5.74) is 0. The molecule has 0 radical (unpaired) electrons. The van der Waals surface area contributed by atoms with Crippen LogP contribution in [0.15, 0.2) is 0 Å². The molecule has 0 aliphatic rings. The van der Waals surface area contributed by atoms with Crippen LogP contribution in [-0.4, -0.2) is 24.2 Å². The SMILES string of the molecule is CCCC.COC(=O)CC(=O)O. The fraction of sp³-hybridized carbons (Fsp3) is 0.750. The third kappa shape index (κ3) is 16.0. The van der Waals surface area contributed by atoms with Gasteiger partial charge in [0.05, 0.1) is 7.11 Å². The first kappa shape index (κ1) is 13.5. The molecule has 0 aromatic heterocycles. The van der Waals surface area contributed by atoms with E-state index < -0.39 is 18.4 Å². The van der Waals surface area contributed by atoms with Gasteiger partial charge in [-0.15, -0.1) is 0 Å². The zero-order valence-corrected chi connectivity index (χ0v) is 7.79. The van der Waals surface area contributed by atoms with E-state index in [2.05, 4.69) is 18.6 Å². The quantitative estimate of drug-likeness (QED) is 0.522. The van der Waals surface area contributed by atoms with E-state index in [0.717, 1.165) is 7.11 Å². The van der Waals surface area contributed by atoms with Crippen LogP contribution in [0, 0.1) is 0 Å². The lowest BCUT2D eigenvalue weighted by atomic mass is 10.4. The predicted octanol–water partition coefficient (Wildman–Crippen LogP) is 1.44. The van der Waals surface area contributed by atoms with Gasteiger partial charge in [0, 0.05) is 0 Å². The van der Waals surface area contributed by atoms with Crippen LogP contribution in [0.1, 0.15) is 33.1 Å². The Morgan fingerprint density at radius 1 is 1.25 bits per heavy atom. The summed E-state index contributed by atoms with van der Waals surface area (Å²) in [7, 11) is 1.14. The molecule has 0 bridgehead atoms. The number of methoxy groups -OCH3 is 1. The fourth-order valence-electron chi connectivity index (χ4n) is 0.196. The average molecular weight is 176 g/mol. The Kier molecular flexibility index (Phi) is 11.2. The van der Waals surface area contributed by atoms with Crippen molar-refractivity contribution in [2.45, 2.75) is 33.1 Å². The van der Waals surface area contributed by atoms with E-state index in [-0.39, 0.29) is 0 Å². The van der Waals surface area contributed by atoms with Gasteiger partial charge in [0.25, 0.3) is 0 Å². The summed E-state index contributed by atoms with van der Waals surface area (Å²) in [6.45, 7) is 4.36. The Bertz CT molecular complexity index is 129. The zero-order chi connectivity index (χ0) is 9.98. The van der Waals surface area contributed by atoms with Crippen molar-refractivity contribution in [3.63, 3.8) is 0 Å². The van der Waals surface area contributed by atoms with Gasteiger partial charge in [0.15, 0.2) is 0 Å². The number of ether oxygens (including phenoxy) is 1. The Morgan fingerprint density at radius 2 is 1.67 bits per heavy atom. The van der Waals surface area contributed by atoms with Gasteiger partial charge in [0.2, 0.25) is 0 Å². The Hall–Kier alpha value is -1.06. The molecule has 0 aromatic rings. The number of aliphatic carboxylic acids is 1. The molecule has 72 valence electrons. The number of rotatable bonds is 3. The van der Waals surface area contributed by atoms with Crippen LogP contribution >= 0.6 is 0 Å². The lowest BCUT2D eigenvalue weighted by Gasteiger charge is -1.90. The van der Waals surface area contributed by atoms with E-state index in [1.807, 2.05) is 0 Å². The van der Waals surface area contributed by atoms with Gasteiger partial charge in [-0.3, -0.25) is 9.59 Å². The molecule has 0 atom stereocenters. The third-order valence-electron chi connectivity index (χ3n) is 1.02. The average Bonchev–Trinajstić information content (AvgIpc) is 2.04. The summed E-state index contributed by atoms with van der Waals surface area (Å²) in [6.07, 6.45) is 2.08. The second-order valence-corrected chi connectivity index (χ2v) is 2.15. The molecule has 0 spiro atoms. The number of unbranched alkanes of at least 4 members (excludes halogenated alkanes) is 1. The van der Waals surface area contributed by atoms with Gasteiger partial charge >= 0.3 is 11.9 Å². The van der Waals surface area contributed by atoms with Crippen molar-refractivity contribution in [1.82, 2.24) is 0 Å². The second-order valence-electron chi connectivity index (χ2n) is 2.15. The molecule has 0 aliphatic heterocycles. The maximum atomic E-state index is 10.0. The molecule has 0 unspecified atom stereocenters.